The van der Waals surface area contributed by atoms with Crippen molar-refractivity contribution in [1.29, 1.82) is 0 Å². The SMILES string of the molecule is CN1CCC([C@H](O)Nc2cncc(-c3cnc4[nH]nc(-c5nc6c(-c7cccnc7)cccc6[nH]5)c4c3)c2)CC1. The van der Waals surface area contributed by atoms with E-state index in [1.54, 1.807) is 24.8 Å². The number of nitrogens with zero attached hydrogens (tertiary/aromatic N) is 6. The Balaban J connectivity index is 1.20. The number of H-pyrrole nitrogens is 2. The van der Waals surface area contributed by atoms with Gasteiger partial charge in [0.15, 0.2) is 11.5 Å². The maximum absolute atomic E-state index is 10.8. The lowest BCUT2D eigenvalue weighted by molar-refractivity contribution is 0.0860. The summed E-state index contributed by atoms with van der Waals surface area (Å²) in [5, 5.41) is 22.5. The third kappa shape index (κ3) is 4.57. The topological polar surface area (TPSA) is 132 Å². The van der Waals surface area contributed by atoms with Crippen LogP contribution < -0.4 is 5.32 Å². The molecule has 6 aromatic rings. The molecule has 40 heavy (non-hydrogen) atoms. The van der Waals surface area contributed by atoms with Gasteiger partial charge in [0.1, 0.15) is 11.9 Å². The van der Waals surface area contributed by atoms with Crippen molar-refractivity contribution in [2.75, 3.05) is 25.5 Å². The van der Waals surface area contributed by atoms with Gasteiger partial charge in [-0.25, -0.2) is 9.97 Å². The van der Waals surface area contributed by atoms with E-state index in [0.29, 0.717) is 17.2 Å². The van der Waals surface area contributed by atoms with Crippen molar-refractivity contribution in [3.63, 3.8) is 0 Å². The standard InChI is InChI=1S/C30H29N9O/c1-39-10-7-18(8-11-39)30(40)34-22-12-20(15-32-17-22)21-13-24-27(37-38-28(24)33-16-21)29-35-25-6-2-5-23(26(25)36-29)19-4-3-9-31-14-19/h2-6,9,12-18,30,34,40H,7-8,10-11H2,1H3,(H,35,36)(H,33,37,38)/t30-/m0/s1. The third-order valence-electron chi connectivity index (χ3n) is 7.72. The Bertz CT molecular complexity index is 1790. The van der Waals surface area contributed by atoms with E-state index in [1.807, 2.05) is 48.7 Å². The van der Waals surface area contributed by atoms with Crippen LogP contribution in [0.5, 0.6) is 0 Å². The molecule has 0 saturated carbocycles. The molecule has 1 aliphatic heterocycles. The highest BCUT2D eigenvalue weighted by molar-refractivity contribution is 5.97. The van der Waals surface area contributed by atoms with Gasteiger partial charge in [-0.1, -0.05) is 18.2 Å². The summed E-state index contributed by atoms with van der Waals surface area (Å²) in [5.74, 6) is 0.875. The van der Waals surface area contributed by atoms with Crippen molar-refractivity contribution in [3.8, 4) is 33.8 Å². The number of rotatable bonds is 6. The van der Waals surface area contributed by atoms with E-state index in [0.717, 1.165) is 70.3 Å². The lowest BCUT2D eigenvalue weighted by Gasteiger charge is -2.32. The lowest BCUT2D eigenvalue weighted by atomic mass is 9.95. The fourth-order valence-electron chi connectivity index (χ4n) is 5.45. The van der Waals surface area contributed by atoms with Crippen LogP contribution in [0.4, 0.5) is 5.69 Å². The molecule has 4 N–H and O–H groups in total. The van der Waals surface area contributed by atoms with Gasteiger partial charge in [-0.05, 0) is 57.2 Å². The molecule has 0 bridgehead atoms. The van der Waals surface area contributed by atoms with Crippen LogP contribution in [0.3, 0.4) is 0 Å². The van der Waals surface area contributed by atoms with E-state index in [2.05, 4.69) is 47.4 Å². The largest absolute Gasteiger partial charge is 0.374 e. The summed E-state index contributed by atoms with van der Waals surface area (Å²) in [7, 11) is 2.12. The number of aliphatic hydroxyl groups excluding tert-OH is 1. The Hall–Kier alpha value is -4.67. The van der Waals surface area contributed by atoms with Crippen molar-refractivity contribution in [3.05, 3.63) is 73.4 Å². The van der Waals surface area contributed by atoms with Gasteiger partial charge in [0.2, 0.25) is 0 Å². The summed E-state index contributed by atoms with van der Waals surface area (Å²) >= 11 is 0. The van der Waals surface area contributed by atoms with Gasteiger partial charge < -0.3 is 20.3 Å². The molecule has 0 radical (unpaired) electrons. The molecule has 1 fully saturated rings. The van der Waals surface area contributed by atoms with Gasteiger partial charge in [0.05, 0.1) is 28.3 Å². The highest BCUT2D eigenvalue weighted by atomic mass is 16.3. The smallest absolute Gasteiger partial charge is 0.159 e. The zero-order chi connectivity index (χ0) is 27.1. The molecule has 200 valence electrons. The van der Waals surface area contributed by atoms with Gasteiger partial charge in [-0.2, -0.15) is 5.10 Å². The molecule has 10 heteroatoms. The van der Waals surface area contributed by atoms with E-state index in [4.69, 9.17) is 4.98 Å². The maximum Gasteiger partial charge on any atom is 0.159 e. The highest BCUT2D eigenvalue weighted by Gasteiger charge is 2.24. The lowest BCUT2D eigenvalue weighted by Crippen LogP contribution is -2.38. The number of fused-ring (bicyclic) bond motifs is 2. The zero-order valence-corrected chi connectivity index (χ0v) is 22.0. The van der Waals surface area contributed by atoms with Gasteiger partial charge in [-0.3, -0.25) is 15.1 Å². The minimum absolute atomic E-state index is 0.217. The van der Waals surface area contributed by atoms with Gasteiger partial charge in [0, 0.05) is 53.0 Å². The second kappa shape index (κ2) is 10.1. The highest BCUT2D eigenvalue weighted by Crippen LogP contribution is 2.33. The number of hydrogen-bond acceptors (Lipinski definition) is 8. The Kier molecular flexibility index (Phi) is 6.18. The Morgan fingerprint density at radius 1 is 0.975 bits per heavy atom. The van der Waals surface area contributed by atoms with Gasteiger partial charge >= 0.3 is 0 Å². The number of aliphatic hydroxyl groups is 1. The van der Waals surface area contributed by atoms with E-state index < -0.39 is 6.23 Å². The quantitative estimate of drug-likeness (QED) is 0.228. The van der Waals surface area contributed by atoms with Crippen LogP contribution in [-0.4, -0.2) is 71.5 Å². The minimum atomic E-state index is -0.614. The molecular weight excluding hydrogens is 502 g/mol. The maximum atomic E-state index is 10.8. The van der Waals surface area contributed by atoms with E-state index in [-0.39, 0.29) is 5.92 Å². The molecule has 1 saturated heterocycles. The van der Waals surface area contributed by atoms with Gasteiger partial charge in [0.25, 0.3) is 0 Å². The van der Waals surface area contributed by atoms with Crippen molar-refractivity contribution in [2.24, 2.45) is 5.92 Å². The molecule has 0 amide bonds. The predicted molar refractivity (Wildman–Crippen MR) is 155 cm³/mol. The van der Waals surface area contributed by atoms with Crippen LogP contribution in [0.1, 0.15) is 12.8 Å². The van der Waals surface area contributed by atoms with Crippen molar-refractivity contribution in [2.45, 2.75) is 19.1 Å². The third-order valence-corrected chi connectivity index (χ3v) is 7.72. The first-order valence-electron chi connectivity index (χ1n) is 13.4. The average Bonchev–Trinajstić information content (AvgIpc) is 3.62. The number of piperidine rings is 1. The first-order chi connectivity index (χ1) is 19.6. The second-order valence-corrected chi connectivity index (χ2v) is 10.4. The first kappa shape index (κ1) is 24.4. The summed E-state index contributed by atoms with van der Waals surface area (Å²) < 4.78 is 0. The van der Waals surface area contributed by atoms with Crippen LogP contribution in [-0.2, 0) is 0 Å². The van der Waals surface area contributed by atoms with Gasteiger partial charge in [-0.15, -0.1) is 0 Å². The Labute approximate surface area is 230 Å². The van der Waals surface area contributed by atoms with Crippen LogP contribution in [0.25, 0.3) is 55.8 Å². The first-order valence-corrected chi connectivity index (χ1v) is 13.4. The fourth-order valence-corrected chi connectivity index (χ4v) is 5.45. The fraction of sp³-hybridized carbons (Fsp3) is 0.233. The van der Waals surface area contributed by atoms with E-state index in [1.165, 1.54) is 0 Å². The summed E-state index contributed by atoms with van der Waals surface area (Å²) in [4.78, 5) is 24.0. The number of likely N-dealkylation sites (tertiary alicyclic amines) is 1. The average molecular weight is 532 g/mol. The molecule has 10 nitrogen and oxygen atoms in total. The molecule has 5 aromatic heterocycles. The number of nitrogens with one attached hydrogen (secondary N) is 3. The van der Waals surface area contributed by atoms with Crippen molar-refractivity contribution < 1.29 is 5.11 Å². The molecule has 1 atom stereocenters. The zero-order valence-electron chi connectivity index (χ0n) is 22.0. The molecule has 0 aliphatic carbocycles. The normalized spacial score (nSPS) is 15.6. The van der Waals surface area contributed by atoms with Crippen molar-refractivity contribution in [1.82, 2.24) is 40.0 Å². The Morgan fingerprint density at radius 3 is 2.67 bits per heavy atom. The Morgan fingerprint density at radius 2 is 1.82 bits per heavy atom. The minimum Gasteiger partial charge on any atom is -0.374 e. The molecule has 7 rings (SSSR count). The number of imidazole rings is 1. The summed E-state index contributed by atoms with van der Waals surface area (Å²) in [6.45, 7) is 1.99. The number of pyridine rings is 3. The molecule has 1 aliphatic rings. The predicted octanol–water partition coefficient (Wildman–Crippen LogP) is 4.70. The molecule has 0 unspecified atom stereocenters. The summed E-state index contributed by atoms with van der Waals surface area (Å²) in [5.41, 5.74) is 7.71. The summed E-state index contributed by atoms with van der Waals surface area (Å²) in [6.07, 6.45) is 10.3. The molecule has 6 heterocycles. The number of anilines is 1. The second-order valence-electron chi connectivity index (χ2n) is 10.4. The van der Waals surface area contributed by atoms with Crippen LogP contribution >= 0.6 is 0 Å². The number of benzene rings is 1. The van der Waals surface area contributed by atoms with Crippen LogP contribution in [0.2, 0.25) is 0 Å². The number of aromatic nitrogens is 7. The molecular formula is C30H29N9O. The van der Waals surface area contributed by atoms with Crippen LogP contribution in [0.15, 0.2) is 73.4 Å². The number of para-hydroxylation sites is 1. The van der Waals surface area contributed by atoms with E-state index >= 15 is 0 Å². The van der Waals surface area contributed by atoms with Crippen molar-refractivity contribution >= 4 is 27.8 Å². The molecule has 1 aromatic carbocycles. The van der Waals surface area contributed by atoms with Crippen LogP contribution in [0, 0.1) is 5.92 Å². The number of aromatic amines is 2. The molecule has 0 spiro atoms. The number of hydrogen-bond donors (Lipinski definition) is 4. The summed E-state index contributed by atoms with van der Waals surface area (Å²) in [6, 6.07) is 14.1. The van der Waals surface area contributed by atoms with E-state index in [9.17, 15) is 5.11 Å². The monoisotopic (exact) mass is 531 g/mol.